The van der Waals surface area contributed by atoms with Crippen molar-refractivity contribution < 1.29 is 23.9 Å². The predicted molar refractivity (Wildman–Crippen MR) is 174 cm³/mol. The molecule has 0 spiro atoms. The summed E-state index contributed by atoms with van der Waals surface area (Å²) in [6, 6.07) is 22.7. The molecule has 0 bridgehead atoms. The minimum absolute atomic E-state index is 0.149. The molecule has 3 aromatic carbocycles. The number of rotatable bonds is 13. The predicted octanol–water partition coefficient (Wildman–Crippen LogP) is 7.45. The number of aryl methyl sites for hydroxylation is 1. The van der Waals surface area contributed by atoms with E-state index in [0.717, 1.165) is 22.9 Å². The van der Waals surface area contributed by atoms with Gasteiger partial charge >= 0.3 is 5.97 Å². The van der Waals surface area contributed by atoms with Crippen LogP contribution in [0.25, 0.3) is 10.9 Å². The number of aromatic nitrogens is 1. The number of fused-ring (bicyclic) bond motifs is 1. The molecule has 0 aliphatic heterocycles. The van der Waals surface area contributed by atoms with Gasteiger partial charge in [-0.1, -0.05) is 68.4 Å². The molecule has 44 heavy (non-hydrogen) atoms. The summed E-state index contributed by atoms with van der Waals surface area (Å²) in [7, 11) is 0. The number of para-hydroxylation sites is 1. The summed E-state index contributed by atoms with van der Waals surface area (Å²) >= 11 is 0. The summed E-state index contributed by atoms with van der Waals surface area (Å²) in [6.45, 7) is 12.9. The number of amides is 1. The maximum Gasteiger partial charge on any atom is 0.305 e. The molecule has 1 amide bonds. The first-order valence-corrected chi connectivity index (χ1v) is 15.4. The molecule has 0 fully saturated rings. The minimum Gasteiger partial charge on any atom is -0.476 e. The van der Waals surface area contributed by atoms with Gasteiger partial charge in [-0.05, 0) is 70.2 Å². The Morgan fingerprint density at radius 2 is 1.66 bits per heavy atom. The van der Waals surface area contributed by atoms with Gasteiger partial charge in [-0.2, -0.15) is 0 Å². The molecule has 1 atom stereocenters. The van der Waals surface area contributed by atoms with Gasteiger partial charge in [-0.25, -0.2) is 0 Å². The van der Waals surface area contributed by atoms with Crippen molar-refractivity contribution in [1.82, 2.24) is 9.88 Å². The molecule has 7 nitrogen and oxygen atoms in total. The van der Waals surface area contributed by atoms with Crippen molar-refractivity contribution in [2.75, 3.05) is 6.61 Å². The van der Waals surface area contributed by atoms with E-state index < -0.39 is 11.6 Å². The lowest BCUT2D eigenvalue weighted by Crippen LogP contribution is -2.44. The minimum atomic E-state index is -0.894. The quantitative estimate of drug-likeness (QED) is 0.128. The average Bonchev–Trinajstić information content (AvgIpc) is 3.34. The van der Waals surface area contributed by atoms with Crippen LogP contribution in [0.15, 0.2) is 79.0 Å². The first kappa shape index (κ1) is 32.5. The zero-order valence-electron chi connectivity index (χ0n) is 26.7. The van der Waals surface area contributed by atoms with E-state index >= 15 is 0 Å². The molecule has 7 heteroatoms. The van der Waals surface area contributed by atoms with Crippen LogP contribution in [0, 0.1) is 5.92 Å². The third-order valence-corrected chi connectivity index (χ3v) is 7.13. The van der Waals surface area contributed by atoms with Crippen molar-refractivity contribution >= 4 is 28.6 Å². The van der Waals surface area contributed by atoms with Crippen LogP contribution in [0.2, 0.25) is 0 Å². The van der Waals surface area contributed by atoms with Crippen molar-refractivity contribution in [3.63, 3.8) is 0 Å². The van der Waals surface area contributed by atoms with Crippen LogP contribution in [0.4, 0.5) is 0 Å². The molecule has 0 saturated carbocycles. The summed E-state index contributed by atoms with van der Waals surface area (Å²) in [5.41, 5.74) is 3.44. The first-order valence-electron chi connectivity index (χ1n) is 15.4. The number of ketones is 1. The number of esters is 1. The average molecular weight is 597 g/mol. The molecule has 1 heterocycles. The number of carbonyl (C=O) groups is 3. The molecule has 0 saturated heterocycles. The lowest BCUT2D eigenvalue weighted by atomic mass is 9.99. The van der Waals surface area contributed by atoms with Crippen LogP contribution >= 0.6 is 0 Å². The van der Waals surface area contributed by atoms with E-state index in [2.05, 4.69) is 19.2 Å². The maximum absolute atomic E-state index is 13.9. The first-order chi connectivity index (χ1) is 20.9. The molecular formula is C37H44N2O5. The van der Waals surface area contributed by atoms with Crippen LogP contribution < -0.4 is 10.1 Å². The topological polar surface area (TPSA) is 86.6 Å². The standard InChI is InChI=1S/C37H44N2O5/c1-7-43-33(40)16-11-21-39-24-31(30-14-8-9-15-32(30)39)34(41)28-12-10-13-29(23-28)44-35(36(42)38-37(4,5)6)27-19-17-26(18-20-27)22-25(2)3/h8-10,12-15,17-20,23-25,35H,7,11,16,21-22H2,1-6H3,(H,38,42). The van der Waals surface area contributed by atoms with Gasteiger partial charge in [0.15, 0.2) is 5.78 Å². The van der Waals surface area contributed by atoms with E-state index in [9.17, 15) is 14.4 Å². The Labute approximate surface area is 260 Å². The maximum atomic E-state index is 13.9. The highest BCUT2D eigenvalue weighted by Crippen LogP contribution is 2.28. The Morgan fingerprint density at radius 3 is 2.34 bits per heavy atom. The highest BCUT2D eigenvalue weighted by atomic mass is 16.5. The molecule has 0 aliphatic carbocycles. The van der Waals surface area contributed by atoms with Crippen LogP contribution in [-0.4, -0.2) is 34.4 Å². The fraction of sp³-hybridized carbons (Fsp3) is 0.378. The van der Waals surface area contributed by atoms with Gasteiger partial charge in [0.25, 0.3) is 5.91 Å². The van der Waals surface area contributed by atoms with Gasteiger partial charge in [0.1, 0.15) is 5.75 Å². The van der Waals surface area contributed by atoms with Crippen LogP contribution in [0.5, 0.6) is 5.75 Å². The zero-order chi connectivity index (χ0) is 31.9. The van der Waals surface area contributed by atoms with Crippen molar-refractivity contribution in [2.45, 2.75) is 79.0 Å². The van der Waals surface area contributed by atoms with E-state index in [-0.39, 0.29) is 17.7 Å². The van der Waals surface area contributed by atoms with Crippen molar-refractivity contribution in [1.29, 1.82) is 0 Å². The molecule has 0 radical (unpaired) electrons. The fourth-order valence-electron chi connectivity index (χ4n) is 5.25. The number of nitrogens with one attached hydrogen (secondary N) is 1. The Morgan fingerprint density at radius 1 is 0.932 bits per heavy atom. The molecule has 1 unspecified atom stereocenters. The van der Waals surface area contributed by atoms with Gasteiger partial charge in [0.05, 0.1) is 6.61 Å². The molecule has 4 rings (SSSR count). The number of ether oxygens (including phenoxy) is 2. The second-order valence-corrected chi connectivity index (χ2v) is 12.6. The highest BCUT2D eigenvalue weighted by Gasteiger charge is 2.27. The van der Waals surface area contributed by atoms with E-state index in [1.807, 2.05) is 80.1 Å². The summed E-state index contributed by atoms with van der Waals surface area (Å²) in [4.78, 5) is 39.2. The summed E-state index contributed by atoms with van der Waals surface area (Å²) in [6.07, 6.45) is 2.82. The number of hydrogen-bond acceptors (Lipinski definition) is 5. The van der Waals surface area contributed by atoms with Gasteiger partial charge in [0, 0.05) is 52.3 Å². The molecule has 232 valence electrons. The van der Waals surface area contributed by atoms with Crippen LogP contribution in [0.3, 0.4) is 0 Å². The van der Waals surface area contributed by atoms with Gasteiger partial charge in [-0.3, -0.25) is 14.4 Å². The van der Waals surface area contributed by atoms with Crippen LogP contribution in [-0.2, 0) is 27.3 Å². The second-order valence-electron chi connectivity index (χ2n) is 12.6. The number of benzene rings is 3. The molecular weight excluding hydrogens is 552 g/mol. The smallest absolute Gasteiger partial charge is 0.305 e. The summed E-state index contributed by atoms with van der Waals surface area (Å²) < 4.78 is 13.4. The third kappa shape index (κ3) is 8.59. The fourth-order valence-corrected chi connectivity index (χ4v) is 5.25. The summed E-state index contributed by atoms with van der Waals surface area (Å²) in [5, 5.41) is 3.88. The third-order valence-electron chi connectivity index (χ3n) is 7.13. The Kier molecular flexibility index (Phi) is 10.6. The Bertz CT molecular complexity index is 1590. The Hall–Kier alpha value is -4.39. The normalized spacial score (nSPS) is 12.2. The van der Waals surface area contributed by atoms with Gasteiger partial charge in [0.2, 0.25) is 6.10 Å². The van der Waals surface area contributed by atoms with Crippen molar-refractivity contribution in [3.05, 3.63) is 101 Å². The number of hydrogen-bond donors (Lipinski definition) is 1. The van der Waals surface area contributed by atoms with Gasteiger partial charge in [-0.15, -0.1) is 0 Å². The molecule has 0 aliphatic rings. The SMILES string of the molecule is CCOC(=O)CCCn1cc(C(=O)c2cccc(OC(C(=O)NC(C)(C)C)c3ccc(CC(C)C)cc3)c2)c2ccccc21. The second kappa shape index (κ2) is 14.4. The largest absolute Gasteiger partial charge is 0.476 e. The van der Waals surface area contributed by atoms with Crippen molar-refractivity contribution in [2.24, 2.45) is 5.92 Å². The van der Waals surface area contributed by atoms with Crippen LogP contribution in [0.1, 0.15) is 87.5 Å². The van der Waals surface area contributed by atoms with E-state index in [1.165, 1.54) is 5.56 Å². The molecule has 4 aromatic rings. The monoisotopic (exact) mass is 596 g/mol. The number of carbonyl (C=O) groups excluding carboxylic acids is 3. The van der Waals surface area contributed by atoms with E-state index in [4.69, 9.17) is 9.47 Å². The van der Waals surface area contributed by atoms with Crippen molar-refractivity contribution in [3.8, 4) is 5.75 Å². The summed E-state index contributed by atoms with van der Waals surface area (Å²) in [5.74, 6) is 0.324. The Balaban J connectivity index is 1.60. The lowest BCUT2D eigenvalue weighted by molar-refractivity contribution is -0.143. The lowest BCUT2D eigenvalue weighted by Gasteiger charge is -2.26. The zero-order valence-corrected chi connectivity index (χ0v) is 26.7. The van der Waals surface area contributed by atoms with Gasteiger partial charge < -0.3 is 19.4 Å². The van der Waals surface area contributed by atoms with E-state index in [0.29, 0.717) is 48.8 Å². The molecule has 1 aromatic heterocycles. The molecule has 1 N–H and O–H groups in total. The highest BCUT2D eigenvalue weighted by molar-refractivity contribution is 6.16. The van der Waals surface area contributed by atoms with E-state index in [1.54, 1.807) is 31.2 Å². The number of nitrogens with zero attached hydrogens (tertiary/aromatic N) is 1.